The fraction of sp³-hybridized carbons (Fsp3) is 0.706. The number of aromatic nitrogens is 1. The monoisotopic (exact) mass is 368 g/mol. The van der Waals surface area contributed by atoms with Crippen molar-refractivity contribution in [1.82, 2.24) is 18.5 Å². The van der Waals surface area contributed by atoms with Gasteiger partial charge in [-0.25, -0.2) is 0 Å². The second kappa shape index (κ2) is 7.28. The smallest absolute Gasteiger partial charge is 0.281 e. The van der Waals surface area contributed by atoms with E-state index < -0.39 is 10.2 Å². The Labute approximate surface area is 150 Å². The Hall–Kier alpha value is -1.06. The lowest BCUT2D eigenvalue weighted by Crippen LogP contribution is -2.73. The van der Waals surface area contributed by atoms with Gasteiger partial charge in [0, 0.05) is 51.7 Å². The highest BCUT2D eigenvalue weighted by atomic mass is 32.2. The van der Waals surface area contributed by atoms with Crippen LogP contribution in [0, 0.1) is 5.92 Å². The molecule has 1 aromatic rings. The Balaban J connectivity index is 1.53. The van der Waals surface area contributed by atoms with Crippen LogP contribution in [0.5, 0.6) is 0 Å². The normalized spacial score (nSPS) is 24.6. The van der Waals surface area contributed by atoms with Gasteiger partial charge in [-0.15, -0.1) is 0 Å². The molecular formula is C17H28N4O3S. The van der Waals surface area contributed by atoms with Crippen LogP contribution in [-0.4, -0.2) is 79.8 Å². The van der Waals surface area contributed by atoms with E-state index in [-0.39, 0.29) is 5.54 Å². The molecule has 140 valence electrons. The Kier molecular flexibility index (Phi) is 5.45. The number of hydrogen-bond acceptors (Lipinski definition) is 5. The minimum Gasteiger partial charge on any atom is -0.376 e. The van der Waals surface area contributed by atoms with E-state index >= 15 is 0 Å². The third kappa shape index (κ3) is 3.88. The lowest BCUT2D eigenvalue weighted by atomic mass is 9.77. The van der Waals surface area contributed by atoms with E-state index in [0.717, 1.165) is 24.9 Å². The molecule has 0 N–H and O–H groups in total. The molecule has 2 fully saturated rings. The predicted octanol–water partition coefficient (Wildman–Crippen LogP) is 0.801. The van der Waals surface area contributed by atoms with Crippen LogP contribution in [0.1, 0.15) is 18.4 Å². The molecule has 0 aromatic carbocycles. The van der Waals surface area contributed by atoms with E-state index in [1.807, 2.05) is 18.3 Å². The van der Waals surface area contributed by atoms with Gasteiger partial charge in [0.25, 0.3) is 10.2 Å². The first-order chi connectivity index (χ1) is 11.8. The first-order valence-corrected chi connectivity index (χ1v) is 10.1. The molecule has 0 radical (unpaired) electrons. The van der Waals surface area contributed by atoms with Crippen LogP contribution < -0.4 is 0 Å². The van der Waals surface area contributed by atoms with Gasteiger partial charge in [0.1, 0.15) is 0 Å². The lowest BCUT2D eigenvalue weighted by molar-refractivity contribution is -0.0613. The number of rotatable bonds is 6. The quantitative estimate of drug-likeness (QED) is 0.743. The Morgan fingerprint density at radius 1 is 1.40 bits per heavy atom. The topological polar surface area (TPSA) is 66.0 Å². The summed E-state index contributed by atoms with van der Waals surface area (Å²) in [6.07, 6.45) is 5.65. The summed E-state index contributed by atoms with van der Waals surface area (Å²) >= 11 is 0. The second-order valence-corrected chi connectivity index (χ2v) is 9.58. The third-order valence-corrected chi connectivity index (χ3v) is 7.26. The molecule has 0 saturated carbocycles. The fourth-order valence-corrected chi connectivity index (χ4v) is 5.02. The van der Waals surface area contributed by atoms with Crippen molar-refractivity contribution in [3.05, 3.63) is 30.1 Å². The van der Waals surface area contributed by atoms with Crippen molar-refractivity contribution in [1.29, 1.82) is 0 Å². The molecule has 2 aliphatic heterocycles. The van der Waals surface area contributed by atoms with E-state index in [9.17, 15) is 8.42 Å². The molecular weight excluding hydrogens is 340 g/mol. The maximum atomic E-state index is 12.3. The summed E-state index contributed by atoms with van der Waals surface area (Å²) < 4.78 is 33.3. The molecule has 1 atom stereocenters. The molecule has 8 heteroatoms. The third-order valence-electron chi connectivity index (χ3n) is 5.43. The molecule has 0 aliphatic carbocycles. The minimum atomic E-state index is -3.31. The molecule has 7 nitrogen and oxygen atoms in total. The fourth-order valence-electron chi connectivity index (χ4n) is 3.75. The number of likely N-dealkylation sites (N-methyl/N-ethyl adjacent to an activating group) is 1. The van der Waals surface area contributed by atoms with Crippen molar-refractivity contribution in [2.45, 2.75) is 25.0 Å². The first kappa shape index (κ1) is 18.7. The standard InChI is InChI=1S/C17H28N4O3S/c1-19(2)25(22,23)21-13-17(14-21)9-15(6-8-20(17)3)11-24-12-16-5-4-7-18-10-16/h4-5,7,10,15H,6,8-9,11-14H2,1-3H3/t15-/m1/s1. The molecule has 2 saturated heterocycles. The number of pyridine rings is 1. The SMILES string of the molecule is CN1CC[C@@H](COCc2cccnc2)CC12CN(S(=O)(=O)N(C)C)C2. The van der Waals surface area contributed by atoms with Gasteiger partial charge < -0.3 is 4.74 Å². The summed E-state index contributed by atoms with van der Waals surface area (Å²) in [4.78, 5) is 6.42. The Morgan fingerprint density at radius 2 is 2.16 bits per heavy atom. The van der Waals surface area contributed by atoms with Crippen molar-refractivity contribution in [3.63, 3.8) is 0 Å². The zero-order valence-electron chi connectivity index (χ0n) is 15.3. The summed E-state index contributed by atoms with van der Waals surface area (Å²) in [6, 6.07) is 3.93. The van der Waals surface area contributed by atoms with E-state index in [2.05, 4.69) is 16.9 Å². The molecule has 3 heterocycles. The molecule has 0 bridgehead atoms. The highest BCUT2D eigenvalue weighted by Gasteiger charge is 2.53. The average molecular weight is 369 g/mol. The molecule has 0 unspecified atom stereocenters. The molecule has 0 amide bonds. The zero-order chi connectivity index (χ0) is 18.1. The zero-order valence-corrected chi connectivity index (χ0v) is 16.1. The number of piperidine rings is 1. The van der Waals surface area contributed by atoms with Gasteiger partial charge in [-0.05, 0) is 44.0 Å². The van der Waals surface area contributed by atoms with Gasteiger partial charge in [0.2, 0.25) is 0 Å². The first-order valence-electron chi connectivity index (χ1n) is 8.69. The van der Waals surface area contributed by atoms with Crippen LogP contribution >= 0.6 is 0 Å². The van der Waals surface area contributed by atoms with Crippen LogP contribution in [-0.2, 0) is 21.6 Å². The largest absolute Gasteiger partial charge is 0.376 e. The van der Waals surface area contributed by atoms with Crippen LogP contribution in [0.25, 0.3) is 0 Å². The number of nitrogens with zero attached hydrogens (tertiary/aromatic N) is 4. The lowest BCUT2D eigenvalue weighted by Gasteiger charge is -2.58. The van der Waals surface area contributed by atoms with E-state index in [0.29, 0.717) is 32.2 Å². The Morgan fingerprint density at radius 3 is 2.80 bits per heavy atom. The number of hydrogen-bond donors (Lipinski definition) is 0. The van der Waals surface area contributed by atoms with E-state index in [1.165, 1.54) is 4.31 Å². The predicted molar refractivity (Wildman–Crippen MR) is 96.2 cm³/mol. The minimum absolute atomic E-state index is 0.0380. The van der Waals surface area contributed by atoms with Crippen LogP contribution in [0.15, 0.2) is 24.5 Å². The molecule has 25 heavy (non-hydrogen) atoms. The van der Waals surface area contributed by atoms with Crippen LogP contribution in [0.3, 0.4) is 0 Å². The maximum Gasteiger partial charge on any atom is 0.281 e. The van der Waals surface area contributed by atoms with Gasteiger partial charge >= 0.3 is 0 Å². The Bertz CT molecular complexity index is 674. The second-order valence-electron chi connectivity index (χ2n) is 7.44. The summed E-state index contributed by atoms with van der Waals surface area (Å²) in [6.45, 7) is 3.42. The van der Waals surface area contributed by atoms with Gasteiger partial charge in [0.05, 0.1) is 6.61 Å². The maximum absolute atomic E-state index is 12.3. The van der Waals surface area contributed by atoms with Crippen molar-refractivity contribution in [2.24, 2.45) is 5.92 Å². The average Bonchev–Trinajstić information content (AvgIpc) is 2.55. The number of ether oxygens (including phenoxy) is 1. The van der Waals surface area contributed by atoms with Gasteiger partial charge in [0.15, 0.2) is 0 Å². The van der Waals surface area contributed by atoms with Crippen molar-refractivity contribution in [2.75, 3.05) is 47.4 Å². The highest BCUT2D eigenvalue weighted by Crippen LogP contribution is 2.39. The molecule has 3 rings (SSSR count). The molecule has 1 aromatic heterocycles. The van der Waals surface area contributed by atoms with E-state index in [4.69, 9.17) is 4.74 Å². The van der Waals surface area contributed by atoms with Crippen molar-refractivity contribution < 1.29 is 13.2 Å². The summed E-state index contributed by atoms with van der Waals surface area (Å²) in [7, 11) is 1.96. The highest BCUT2D eigenvalue weighted by molar-refractivity contribution is 7.86. The van der Waals surface area contributed by atoms with Gasteiger partial charge in [-0.3, -0.25) is 9.88 Å². The van der Waals surface area contributed by atoms with Crippen molar-refractivity contribution in [3.8, 4) is 0 Å². The summed E-state index contributed by atoms with van der Waals surface area (Å²) in [5.74, 6) is 0.470. The molecule has 2 aliphatic rings. The van der Waals surface area contributed by atoms with Crippen LogP contribution in [0.2, 0.25) is 0 Å². The van der Waals surface area contributed by atoms with Crippen molar-refractivity contribution >= 4 is 10.2 Å². The van der Waals surface area contributed by atoms with Gasteiger partial charge in [-0.1, -0.05) is 6.07 Å². The number of likely N-dealkylation sites (tertiary alicyclic amines) is 1. The summed E-state index contributed by atoms with van der Waals surface area (Å²) in [5, 5.41) is 0. The molecule has 1 spiro atoms. The van der Waals surface area contributed by atoms with E-state index in [1.54, 1.807) is 24.6 Å². The van der Waals surface area contributed by atoms with Gasteiger partial charge in [-0.2, -0.15) is 17.0 Å². The van der Waals surface area contributed by atoms with Crippen LogP contribution in [0.4, 0.5) is 0 Å². The summed E-state index contributed by atoms with van der Waals surface area (Å²) in [5.41, 5.74) is 1.04.